The van der Waals surface area contributed by atoms with Gasteiger partial charge < -0.3 is 14.8 Å². The molecule has 0 bridgehead atoms. The quantitative estimate of drug-likeness (QED) is 0.628. The number of aliphatic hydroxyl groups excluding tert-OH is 1. The van der Waals surface area contributed by atoms with E-state index in [1.54, 1.807) is 0 Å². The Labute approximate surface area is 151 Å². The molecule has 140 valence electrons. The van der Waals surface area contributed by atoms with Crippen LogP contribution in [0.4, 0.5) is 0 Å². The summed E-state index contributed by atoms with van der Waals surface area (Å²) in [6.07, 6.45) is 4.58. The van der Waals surface area contributed by atoms with Gasteiger partial charge in [0.25, 0.3) is 5.56 Å². The van der Waals surface area contributed by atoms with Crippen LogP contribution < -0.4 is 5.56 Å². The molecule has 0 amide bonds. The molecule has 0 unspecified atom stereocenters. The fourth-order valence-corrected chi connectivity index (χ4v) is 3.31. The van der Waals surface area contributed by atoms with Crippen LogP contribution in [0.1, 0.15) is 73.2 Å². The molecule has 2 aromatic heterocycles. The maximum absolute atomic E-state index is 12.3. The molecule has 3 rings (SSSR count). The number of hydrogen-bond donors (Lipinski definition) is 2. The Kier molecular flexibility index (Phi) is 5.66. The minimum atomic E-state index is -0.619. The number of nitrogens with zero attached hydrogens (tertiary/aromatic N) is 2. The molecule has 1 aliphatic rings. The first-order valence-corrected chi connectivity index (χ1v) is 9.26. The lowest BCUT2D eigenvalue weighted by Gasteiger charge is -2.24. The van der Waals surface area contributed by atoms with E-state index in [-0.39, 0.29) is 17.6 Å². The van der Waals surface area contributed by atoms with Gasteiger partial charge in [-0.05, 0) is 45.1 Å². The predicted molar refractivity (Wildman–Crippen MR) is 97.3 cm³/mol. The van der Waals surface area contributed by atoms with Crippen molar-refractivity contribution in [3.8, 4) is 0 Å². The number of aromatic amines is 1. The number of H-pyrrole nitrogens is 1. The van der Waals surface area contributed by atoms with Crippen LogP contribution >= 0.6 is 0 Å². The highest BCUT2D eigenvalue weighted by Gasteiger charge is 2.24. The lowest BCUT2D eigenvalue weighted by molar-refractivity contribution is 0.0498. The zero-order chi connectivity index (χ0) is 18.7. The van der Waals surface area contributed by atoms with Crippen molar-refractivity contribution in [3.63, 3.8) is 0 Å². The van der Waals surface area contributed by atoms with Gasteiger partial charge in [0, 0.05) is 11.3 Å². The number of ether oxygens (including phenoxy) is 1. The van der Waals surface area contributed by atoms with Crippen LogP contribution in [0, 0.1) is 6.92 Å². The van der Waals surface area contributed by atoms with Crippen molar-refractivity contribution < 1.29 is 14.6 Å². The van der Waals surface area contributed by atoms with Crippen LogP contribution in [-0.2, 0) is 4.74 Å². The summed E-state index contributed by atoms with van der Waals surface area (Å²) in [5.41, 5.74) is 0.639. The maximum atomic E-state index is 12.3. The molecule has 0 aromatic carbocycles. The van der Waals surface area contributed by atoms with Gasteiger partial charge in [0.05, 0.1) is 18.4 Å². The van der Waals surface area contributed by atoms with Crippen molar-refractivity contribution in [1.29, 1.82) is 0 Å². The number of aryl methyl sites for hydroxylation is 1. The van der Waals surface area contributed by atoms with Crippen molar-refractivity contribution in [1.82, 2.24) is 15.0 Å². The number of esters is 1. The normalized spacial score (nSPS) is 20.3. The van der Waals surface area contributed by atoms with Crippen molar-refractivity contribution >= 4 is 17.0 Å². The van der Waals surface area contributed by atoms with E-state index < -0.39 is 11.5 Å². The summed E-state index contributed by atoms with van der Waals surface area (Å²) in [4.78, 5) is 36.2. The zero-order valence-corrected chi connectivity index (χ0v) is 15.2. The highest BCUT2D eigenvalue weighted by atomic mass is 16.5. The summed E-state index contributed by atoms with van der Waals surface area (Å²) < 4.78 is 5.14. The number of carbonyl (C=O) groups excluding carboxylic acids is 1. The average molecular weight is 359 g/mol. The number of nitrogens with one attached hydrogen (secondary N) is 1. The molecule has 2 aromatic rings. The first kappa shape index (κ1) is 18.5. The summed E-state index contributed by atoms with van der Waals surface area (Å²) in [7, 11) is 0. The van der Waals surface area contributed by atoms with E-state index in [1.807, 2.05) is 13.8 Å². The van der Waals surface area contributed by atoms with Crippen LogP contribution in [-0.4, -0.2) is 38.7 Å². The molecule has 0 atom stereocenters. The van der Waals surface area contributed by atoms with E-state index in [0.29, 0.717) is 23.5 Å². The van der Waals surface area contributed by atoms with E-state index in [9.17, 15) is 14.7 Å². The minimum absolute atomic E-state index is 0.0196. The third-order valence-electron chi connectivity index (χ3n) is 4.93. The second kappa shape index (κ2) is 7.95. The SMILES string of the molecule is CCCCOC(=O)c1cc2c(C)nc(C3CCC(O)CC3)nc2[nH]c1=O. The monoisotopic (exact) mass is 359 g/mol. The highest BCUT2D eigenvalue weighted by molar-refractivity contribution is 5.93. The number of hydrogen-bond acceptors (Lipinski definition) is 6. The molecule has 26 heavy (non-hydrogen) atoms. The molecule has 0 saturated heterocycles. The topological polar surface area (TPSA) is 105 Å². The molecule has 0 aliphatic heterocycles. The molecular weight excluding hydrogens is 334 g/mol. The molecule has 1 fully saturated rings. The fraction of sp³-hybridized carbons (Fsp3) is 0.579. The second-order valence-electron chi connectivity index (χ2n) is 6.94. The Balaban J connectivity index is 1.91. The van der Waals surface area contributed by atoms with Crippen LogP contribution in [0.25, 0.3) is 11.0 Å². The molecule has 1 saturated carbocycles. The molecule has 0 spiro atoms. The van der Waals surface area contributed by atoms with Crippen LogP contribution in [0.5, 0.6) is 0 Å². The molecular formula is C19H25N3O4. The largest absolute Gasteiger partial charge is 0.462 e. The predicted octanol–water partition coefficient (Wildman–Crippen LogP) is 2.60. The van der Waals surface area contributed by atoms with Crippen LogP contribution in [0.2, 0.25) is 0 Å². The molecule has 7 heteroatoms. The van der Waals surface area contributed by atoms with Gasteiger partial charge in [-0.2, -0.15) is 0 Å². The van der Waals surface area contributed by atoms with Crippen molar-refractivity contribution in [2.45, 2.75) is 64.4 Å². The van der Waals surface area contributed by atoms with Gasteiger partial charge >= 0.3 is 5.97 Å². The van der Waals surface area contributed by atoms with Crippen molar-refractivity contribution in [3.05, 3.63) is 33.5 Å². The Morgan fingerprint density at radius 2 is 2.04 bits per heavy atom. The number of aromatic nitrogens is 3. The van der Waals surface area contributed by atoms with Crippen molar-refractivity contribution in [2.75, 3.05) is 6.61 Å². The zero-order valence-electron chi connectivity index (χ0n) is 15.2. The van der Waals surface area contributed by atoms with E-state index in [1.165, 1.54) is 6.07 Å². The maximum Gasteiger partial charge on any atom is 0.343 e. The highest BCUT2D eigenvalue weighted by Crippen LogP contribution is 2.31. The van der Waals surface area contributed by atoms with Gasteiger partial charge in [-0.3, -0.25) is 4.79 Å². The van der Waals surface area contributed by atoms with Gasteiger partial charge in [-0.25, -0.2) is 14.8 Å². The summed E-state index contributed by atoms with van der Waals surface area (Å²) >= 11 is 0. The Bertz CT molecular complexity index is 854. The summed E-state index contributed by atoms with van der Waals surface area (Å²) in [6, 6.07) is 1.52. The molecule has 0 radical (unpaired) electrons. The van der Waals surface area contributed by atoms with E-state index in [0.717, 1.165) is 44.2 Å². The summed E-state index contributed by atoms with van der Waals surface area (Å²) in [6.45, 7) is 4.15. The van der Waals surface area contributed by atoms with Gasteiger partial charge in [0.2, 0.25) is 0 Å². The Morgan fingerprint density at radius 3 is 2.73 bits per heavy atom. The average Bonchev–Trinajstić information content (AvgIpc) is 2.61. The van der Waals surface area contributed by atoms with Gasteiger partial charge in [-0.1, -0.05) is 13.3 Å². The number of carbonyl (C=O) groups is 1. The molecule has 2 heterocycles. The van der Waals surface area contributed by atoms with Crippen molar-refractivity contribution in [2.24, 2.45) is 0 Å². The third-order valence-corrected chi connectivity index (χ3v) is 4.93. The van der Waals surface area contributed by atoms with Crippen LogP contribution in [0.3, 0.4) is 0 Å². The number of fused-ring (bicyclic) bond motifs is 1. The summed E-state index contributed by atoms with van der Waals surface area (Å²) in [5.74, 6) is 0.255. The minimum Gasteiger partial charge on any atom is -0.462 e. The van der Waals surface area contributed by atoms with E-state index >= 15 is 0 Å². The summed E-state index contributed by atoms with van der Waals surface area (Å²) in [5, 5.41) is 10.3. The first-order valence-electron chi connectivity index (χ1n) is 9.26. The van der Waals surface area contributed by atoms with E-state index in [2.05, 4.69) is 15.0 Å². The second-order valence-corrected chi connectivity index (χ2v) is 6.94. The first-order chi connectivity index (χ1) is 12.5. The Morgan fingerprint density at radius 1 is 1.31 bits per heavy atom. The fourth-order valence-electron chi connectivity index (χ4n) is 3.31. The van der Waals surface area contributed by atoms with Crippen LogP contribution in [0.15, 0.2) is 10.9 Å². The third kappa shape index (κ3) is 3.93. The lowest BCUT2D eigenvalue weighted by atomic mass is 9.87. The van der Waals surface area contributed by atoms with Gasteiger partial charge in [-0.15, -0.1) is 0 Å². The number of unbranched alkanes of at least 4 members (excludes halogenated alkanes) is 1. The lowest BCUT2D eigenvalue weighted by Crippen LogP contribution is -2.22. The molecule has 1 aliphatic carbocycles. The standard InChI is InChI=1S/C19H25N3O4/c1-3-4-9-26-19(25)15-10-14-11(2)20-16(21-17(14)22-18(15)24)12-5-7-13(23)8-6-12/h10,12-13,23H,3-9H2,1-2H3,(H,20,21,22,24). The van der Waals surface area contributed by atoms with Gasteiger partial charge in [0.15, 0.2) is 0 Å². The molecule has 7 nitrogen and oxygen atoms in total. The Hall–Kier alpha value is -2.28. The number of rotatable bonds is 5. The van der Waals surface area contributed by atoms with E-state index in [4.69, 9.17) is 4.74 Å². The number of aliphatic hydroxyl groups is 1. The smallest absolute Gasteiger partial charge is 0.343 e. The molecule has 2 N–H and O–H groups in total. The van der Waals surface area contributed by atoms with Gasteiger partial charge in [0.1, 0.15) is 17.0 Å². The number of pyridine rings is 1.